The molecule has 2 aromatic carbocycles. The first-order chi connectivity index (χ1) is 16.0. The van der Waals surface area contributed by atoms with Crippen LogP contribution in [0.25, 0.3) is 16.9 Å². The van der Waals surface area contributed by atoms with Crippen molar-refractivity contribution in [3.63, 3.8) is 0 Å². The topological polar surface area (TPSA) is 62.5 Å². The number of nitrogens with one attached hydrogen (secondary N) is 1. The number of anilines is 2. The van der Waals surface area contributed by atoms with Crippen LogP contribution in [-0.4, -0.2) is 33.6 Å². The largest absolute Gasteiger partial charge is 0.356 e. The zero-order valence-corrected chi connectivity index (χ0v) is 18.8. The Morgan fingerprint density at radius 2 is 1.70 bits per heavy atom. The molecule has 3 heterocycles. The van der Waals surface area contributed by atoms with Crippen molar-refractivity contribution in [3.8, 4) is 11.3 Å². The van der Waals surface area contributed by atoms with Gasteiger partial charge in [0.05, 0.1) is 5.69 Å². The van der Waals surface area contributed by atoms with Gasteiger partial charge in [0.15, 0.2) is 5.65 Å². The third kappa shape index (κ3) is 4.44. The second kappa shape index (κ2) is 8.65. The van der Waals surface area contributed by atoms with Gasteiger partial charge in [-0.25, -0.2) is 9.37 Å². The molecule has 6 nitrogen and oxygen atoms in total. The number of aromatic nitrogens is 3. The van der Waals surface area contributed by atoms with Crippen LogP contribution in [0.5, 0.6) is 0 Å². The number of carbonyl (C=O) groups excluding carboxylic acids is 1. The normalized spacial score (nSPS) is 14.6. The van der Waals surface area contributed by atoms with Gasteiger partial charge in [-0.15, -0.1) is 0 Å². The molecule has 1 amide bonds. The monoisotopic (exact) mass is 443 g/mol. The Hall–Kier alpha value is -3.74. The van der Waals surface area contributed by atoms with Crippen molar-refractivity contribution in [3.05, 3.63) is 77.7 Å². The minimum Gasteiger partial charge on any atom is -0.356 e. The number of aryl methyl sites for hydroxylation is 2. The molecule has 5 rings (SSSR count). The first-order valence-corrected chi connectivity index (χ1v) is 11.2. The molecule has 33 heavy (non-hydrogen) atoms. The van der Waals surface area contributed by atoms with Gasteiger partial charge in [-0.05, 0) is 51.0 Å². The zero-order valence-electron chi connectivity index (χ0n) is 18.8. The van der Waals surface area contributed by atoms with Gasteiger partial charge in [-0.1, -0.05) is 29.8 Å². The summed E-state index contributed by atoms with van der Waals surface area (Å²) in [5, 5.41) is 7.75. The van der Waals surface area contributed by atoms with Crippen molar-refractivity contribution in [1.29, 1.82) is 0 Å². The number of hydrogen-bond donors (Lipinski definition) is 1. The number of carbonyl (C=O) groups is 1. The van der Waals surface area contributed by atoms with Crippen LogP contribution in [0.1, 0.15) is 24.1 Å². The van der Waals surface area contributed by atoms with E-state index >= 15 is 0 Å². The summed E-state index contributed by atoms with van der Waals surface area (Å²) in [5.74, 6) is 0.584. The van der Waals surface area contributed by atoms with Crippen LogP contribution in [0, 0.1) is 25.6 Å². The average molecular weight is 444 g/mol. The van der Waals surface area contributed by atoms with E-state index < -0.39 is 0 Å². The summed E-state index contributed by atoms with van der Waals surface area (Å²) in [7, 11) is 0. The zero-order chi connectivity index (χ0) is 22.9. The van der Waals surface area contributed by atoms with Crippen molar-refractivity contribution in [2.45, 2.75) is 26.7 Å². The van der Waals surface area contributed by atoms with E-state index in [0.717, 1.165) is 54.3 Å². The number of fused-ring (bicyclic) bond motifs is 1. The number of halogens is 1. The number of amides is 1. The fraction of sp³-hybridized carbons (Fsp3) is 0.269. The summed E-state index contributed by atoms with van der Waals surface area (Å²) < 4.78 is 15.0. The second-order valence-corrected chi connectivity index (χ2v) is 8.68. The van der Waals surface area contributed by atoms with E-state index in [1.165, 1.54) is 17.7 Å². The van der Waals surface area contributed by atoms with Gasteiger partial charge in [0.2, 0.25) is 5.91 Å². The Kier molecular flexibility index (Phi) is 5.54. The summed E-state index contributed by atoms with van der Waals surface area (Å²) in [4.78, 5) is 19.6. The SMILES string of the molecule is Cc1ccc(-c2cc3nc(C)cc(N4CCC(C(=O)Nc5ccc(F)cc5)CC4)n3n2)cc1. The highest BCUT2D eigenvalue weighted by Gasteiger charge is 2.27. The Balaban J connectivity index is 1.33. The molecule has 168 valence electrons. The minimum absolute atomic E-state index is 0.0157. The van der Waals surface area contributed by atoms with Gasteiger partial charge in [0, 0.05) is 48.1 Å². The smallest absolute Gasteiger partial charge is 0.227 e. The molecule has 0 saturated carbocycles. The maximum absolute atomic E-state index is 13.1. The molecule has 1 fully saturated rings. The number of piperidine rings is 1. The van der Waals surface area contributed by atoms with Gasteiger partial charge in [-0.3, -0.25) is 4.79 Å². The second-order valence-electron chi connectivity index (χ2n) is 8.68. The summed E-state index contributed by atoms with van der Waals surface area (Å²) >= 11 is 0. The third-order valence-corrected chi connectivity index (χ3v) is 6.19. The summed E-state index contributed by atoms with van der Waals surface area (Å²) in [6.45, 7) is 5.56. The summed E-state index contributed by atoms with van der Waals surface area (Å²) in [5.41, 5.74) is 5.54. The highest BCUT2D eigenvalue weighted by molar-refractivity contribution is 5.92. The average Bonchev–Trinajstić information content (AvgIpc) is 3.24. The molecular weight excluding hydrogens is 417 g/mol. The minimum atomic E-state index is -0.315. The Morgan fingerprint density at radius 1 is 1.00 bits per heavy atom. The maximum atomic E-state index is 13.1. The van der Waals surface area contributed by atoms with Crippen LogP contribution < -0.4 is 10.2 Å². The van der Waals surface area contributed by atoms with Crippen LogP contribution in [0.2, 0.25) is 0 Å². The quantitative estimate of drug-likeness (QED) is 0.482. The van der Waals surface area contributed by atoms with Crippen LogP contribution in [0.15, 0.2) is 60.7 Å². The molecule has 0 radical (unpaired) electrons. The molecule has 0 bridgehead atoms. The molecule has 7 heteroatoms. The van der Waals surface area contributed by atoms with Gasteiger partial charge in [0.25, 0.3) is 0 Å². The van der Waals surface area contributed by atoms with Crippen LogP contribution in [0.3, 0.4) is 0 Å². The lowest BCUT2D eigenvalue weighted by molar-refractivity contribution is -0.120. The predicted octanol–water partition coefficient (Wildman–Crippen LogP) is 5.01. The number of benzene rings is 2. The number of rotatable bonds is 4. The number of hydrogen-bond acceptors (Lipinski definition) is 4. The molecule has 4 aromatic rings. The van der Waals surface area contributed by atoms with E-state index in [0.29, 0.717) is 5.69 Å². The number of nitrogens with zero attached hydrogens (tertiary/aromatic N) is 4. The first kappa shape index (κ1) is 21.1. The summed E-state index contributed by atoms with van der Waals surface area (Å²) in [6.07, 6.45) is 1.48. The van der Waals surface area contributed by atoms with Gasteiger partial charge < -0.3 is 10.2 Å². The van der Waals surface area contributed by atoms with E-state index in [1.807, 2.05) is 17.5 Å². The molecule has 0 unspecified atom stereocenters. The fourth-order valence-corrected chi connectivity index (χ4v) is 4.32. The van der Waals surface area contributed by atoms with Crippen LogP contribution in [-0.2, 0) is 4.79 Å². The molecule has 1 saturated heterocycles. The third-order valence-electron chi connectivity index (χ3n) is 6.19. The van der Waals surface area contributed by atoms with E-state index in [-0.39, 0.29) is 17.6 Å². The Bertz CT molecular complexity index is 1290. The van der Waals surface area contributed by atoms with Crippen molar-refractivity contribution in [1.82, 2.24) is 14.6 Å². The lowest BCUT2D eigenvalue weighted by Crippen LogP contribution is -2.39. The lowest BCUT2D eigenvalue weighted by Gasteiger charge is -2.33. The lowest BCUT2D eigenvalue weighted by atomic mass is 9.95. The molecule has 2 aromatic heterocycles. The molecule has 0 atom stereocenters. The van der Waals surface area contributed by atoms with Crippen molar-refractivity contribution in [2.75, 3.05) is 23.3 Å². The fourth-order valence-electron chi connectivity index (χ4n) is 4.32. The highest BCUT2D eigenvalue weighted by Crippen LogP contribution is 2.28. The predicted molar refractivity (Wildman–Crippen MR) is 128 cm³/mol. The van der Waals surface area contributed by atoms with Crippen LogP contribution >= 0.6 is 0 Å². The van der Waals surface area contributed by atoms with Gasteiger partial charge in [0.1, 0.15) is 11.6 Å². The Labute approximate surface area is 192 Å². The van der Waals surface area contributed by atoms with E-state index in [9.17, 15) is 9.18 Å². The van der Waals surface area contributed by atoms with Gasteiger partial charge in [-0.2, -0.15) is 9.61 Å². The molecular formula is C26H26FN5O. The molecule has 1 aliphatic heterocycles. The van der Waals surface area contributed by atoms with Crippen molar-refractivity contribution >= 4 is 23.1 Å². The van der Waals surface area contributed by atoms with E-state index in [4.69, 9.17) is 5.10 Å². The maximum Gasteiger partial charge on any atom is 0.227 e. The van der Waals surface area contributed by atoms with Crippen LogP contribution in [0.4, 0.5) is 15.9 Å². The molecule has 1 aliphatic rings. The first-order valence-electron chi connectivity index (χ1n) is 11.2. The van der Waals surface area contributed by atoms with E-state index in [1.54, 1.807) is 12.1 Å². The van der Waals surface area contributed by atoms with Gasteiger partial charge >= 0.3 is 0 Å². The molecule has 0 spiro atoms. The standard InChI is InChI=1S/C26H26FN5O/c1-17-3-5-19(6-4-17)23-16-24-28-18(2)15-25(32(24)30-23)31-13-11-20(12-14-31)26(33)29-22-9-7-21(27)8-10-22/h3-10,15-16,20H,11-14H2,1-2H3,(H,29,33). The molecule has 0 aliphatic carbocycles. The highest BCUT2D eigenvalue weighted by atomic mass is 19.1. The van der Waals surface area contributed by atoms with Crippen molar-refractivity contribution in [2.24, 2.45) is 5.92 Å². The summed E-state index contributed by atoms with van der Waals surface area (Å²) in [6, 6.07) is 18.3. The Morgan fingerprint density at radius 3 is 2.39 bits per heavy atom. The molecule has 1 N–H and O–H groups in total. The van der Waals surface area contributed by atoms with Crippen molar-refractivity contribution < 1.29 is 9.18 Å². The van der Waals surface area contributed by atoms with E-state index in [2.05, 4.69) is 52.5 Å².